The highest BCUT2D eigenvalue weighted by Crippen LogP contribution is 2.28. The van der Waals surface area contributed by atoms with Crippen LogP contribution in [0.25, 0.3) is 0 Å². The topological polar surface area (TPSA) is 103 Å². The SMILES string of the molecule is C=CCc1ccc(OCC(=O)OCC(=O)NC(=O)NC)c(OC)c1. The smallest absolute Gasteiger partial charge is 0.344 e. The molecule has 1 rings (SSSR count). The van der Waals surface area contributed by atoms with E-state index in [1.54, 1.807) is 18.2 Å². The molecule has 0 aliphatic heterocycles. The van der Waals surface area contributed by atoms with Crippen molar-refractivity contribution in [2.75, 3.05) is 27.4 Å². The van der Waals surface area contributed by atoms with Crippen molar-refractivity contribution in [2.24, 2.45) is 0 Å². The zero-order valence-corrected chi connectivity index (χ0v) is 13.6. The van der Waals surface area contributed by atoms with Gasteiger partial charge >= 0.3 is 12.0 Å². The molecule has 0 aliphatic carbocycles. The second-order valence-electron chi connectivity index (χ2n) is 4.55. The van der Waals surface area contributed by atoms with E-state index >= 15 is 0 Å². The summed E-state index contributed by atoms with van der Waals surface area (Å²) < 4.78 is 15.2. The van der Waals surface area contributed by atoms with Crippen LogP contribution in [0.4, 0.5) is 4.79 Å². The Morgan fingerprint density at radius 3 is 2.58 bits per heavy atom. The van der Waals surface area contributed by atoms with E-state index < -0.39 is 31.1 Å². The standard InChI is InChI=1S/C16H20N2O6/c1-4-5-11-6-7-12(13(8-11)22-3)23-10-15(20)24-9-14(19)18-16(21)17-2/h4,6-8H,1,5,9-10H2,2-3H3,(H2,17,18,19,21). The Kier molecular flexibility index (Phi) is 7.83. The minimum atomic E-state index is -0.751. The van der Waals surface area contributed by atoms with E-state index in [0.29, 0.717) is 17.9 Å². The number of carbonyl (C=O) groups excluding carboxylic acids is 3. The second kappa shape index (κ2) is 9.88. The molecule has 1 aromatic carbocycles. The molecule has 24 heavy (non-hydrogen) atoms. The molecule has 0 bridgehead atoms. The van der Waals surface area contributed by atoms with Crippen LogP contribution in [0.15, 0.2) is 30.9 Å². The molecule has 0 fully saturated rings. The number of ether oxygens (including phenoxy) is 3. The summed E-state index contributed by atoms with van der Waals surface area (Å²) in [5.74, 6) is -0.648. The lowest BCUT2D eigenvalue weighted by Crippen LogP contribution is -2.40. The van der Waals surface area contributed by atoms with Gasteiger partial charge < -0.3 is 19.5 Å². The maximum atomic E-state index is 11.6. The first-order valence-corrected chi connectivity index (χ1v) is 7.08. The Balaban J connectivity index is 2.48. The zero-order chi connectivity index (χ0) is 17.9. The number of esters is 1. The normalized spacial score (nSPS) is 9.58. The molecule has 0 saturated heterocycles. The van der Waals surface area contributed by atoms with Gasteiger partial charge in [-0.3, -0.25) is 10.1 Å². The molecule has 130 valence electrons. The predicted molar refractivity (Wildman–Crippen MR) is 85.9 cm³/mol. The van der Waals surface area contributed by atoms with Gasteiger partial charge in [-0.05, 0) is 24.1 Å². The van der Waals surface area contributed by atoms with Crippen molar-refractivity contribution >= 4 is 17.9 Å². The van der Waals surface area contributed by atoms with Gasteiger partial charge in [-0.15, -0.1) is 6.58 Å². The van der Waals surface area contributed by atoms with Crippen LogP contribution >= 0.6 is 0 Å². The molecule has 0 aliphatic rings. The summed E-state index contributed by atoms with van der Waals surface area (Å²) in [4.78, 5) is 33.7. The number of rotatable bonds is 8. The van der Waals surface area contributed by atoms with Gasteiger partial charge in [0.2, 0.25) is 0 Å². The molecule has 3 amide bonds. The van der Waals surface area contributed by atoms with Crippen molar-refractivity contribution in [3.05, 3.63) is 36.4 Å². The first kappa shape index (κ1) is 19.0. The van der Waals surface area contributed by atoms with Crippen LogP contribution in [0, 0.1) is 0 Å². The average molecular weight is 336 g/mol. The maximum Gasteiger partial charge on any atom is 0.344 e. The molecule has 8 nitrogen and oxygen atoms in total. The summed E-state index contributed by atoms with van der Waals surface area (Å²) in [6.45, 7) is 2.68. The summed E-state index contributed by atoms with van der Waals surface area (Å²) in [6, 6.07) is 4.58. The summed E-state index contributed by atoms with van der Waals surface area (Å²) in [5.41, 5.74) is 0.989. The van der Waals surface area contributed by atoms with E-state index in [1.165, 1.54) is 14.2 Å². The fourth-order valence-electron chi connectivity index (χ4n) is 1.67. The number of nitrogens with one attached hydrogen (secondary N) is 2. The lowest BCUT2D eigenvalue weighted by atomic mass is 10.1. The van der Waals surface area contributed by atoms with Crippen LogP contribution in [0.1, 0.15) is 5.56 Å². The van der Waals surface area contributed by atoms with Crippen LogP contribution in [0.2, 0.25) is 0 Å². The van der Waals surface area contributed by atoms with Gasteiger partial charge in [0.15, 0.2) is 24.7 Å². The van der Waals surface area contributed by atoms with E-state index in [9.17, 15) is 14.4 Å². The monoisotopic (exact) mass is 336 g/mol. The lowest BCUT2D eigenvalue weighted by molar-refractivity contribution is -0.150. The van der Waals surface area contributed by atoms with Gasteiger partial charge in [-0.25, -0.2) is 9.59 Å². The Bertz CT molecular complexity index is 615. The molecule has 1 aromatic rings. The fourth-order valence-corrected chi connectivity index (χ4v) is 1.67. The van der Waals surface area contributed by atoms with Gasteiger partial charge in [0.05, 0.1) is 7.11 Å². The van der Waals surface area contributed by atoms with E-state index in [-0.39, 0.29) is 0 Å². The summed E-state index contributed by atoms with van der Waals surface area (Å²) in [7, 11) is 2.84. The largest absolute Gasteiger partial charge is 0.493 e. The molecule has 0 radical (unpaired) electrons. The first-order chi connectivity index (χ1) is 11.5. The minimum absolute atomic E-state index is 0.372. The molecule has 8 heteroatoms. The van der Waals surface area contributed by atoms with Crippen molar-refractivity contribution in [3.8, 4) is 11.5 Å². The quantitative estimate of drug-likeness (QED) is 0.538. The van der Waals surface area contributed by atoms with Crippen LogP contribution in [-0.4, -0.2) is 45.3 Å². The molecular formula is C16H20N2O6. The van der Waals surface area contributed by atoms with Gasteiger partial charge in [0.25, 0.3) is 5.91 Å². The lowest BCUT2D eigenvalue weighted by Gasteiger charge is -2.11. The Morgan fingerprint density at radius 2 is 1.96 bits per heavy atom. The highest BCUT2D eigenvalue weighted by molar-refractivity contribution is 5.95. The minimum Gasteiger partial charge on any atom is -0.493 e. The predicted octanol–water partition coefficient (Wildman–Crippen LogP) is 0.801. The summed E-state index contributed by atoms with van der Waals surface area (Å²) >= 11 is 0. The van der Waals surface area contributed by atoms with Gasteiger partial charge in [-0.2, -0.15) is 0 Å². The third-order valence-corrected chi connectivity index (χ3v) is 2.80. The second-order valence-corrected chi connectivity index (χ2v) is 4.55. The number of methoxy groups -OCH3 is 1. The Hall–Kier alpha value is -3.03. The molecule has 0 unspecified atom stereocenters. The number of imide groups is 1. The zero-order valence-electron chi connectivity index (χ0n) is 13.6. The fraction of sp³-hybridized carbons (Fsp3) is 0.312. The van der Waals surface area contributed by atoms with E-state index in [0.717, 1.165) is 5.56 Å². The highest BCUT2D eigenvalue weighted by Gasteiger charge is 2.12. The number of hydrogen-bond donors (Lipinski definition) is 2. The average Bonchev–Trinajstić information content (AvgIpc) is 2.58. The van der Waals surface area contributed by atoms with Gasteiger partial charge in [0.1, 0.15) is 0 Å². The molecule has 0 aromatic heterocycles. The van der Waals surface area contributed by atoms with Crippen LogP contribution in [-0.2, 0) is 20.7 Å². The van der Waals surface area contributed by atoms with Crippen LogP contribution in [0.3, 0.4) is 0 Å². The maximum absolute atomic E-state index is 11.6. The van der Waals surface area contributed by atoms with Crippen molar-refractivity contribution in [2.45, 2.75) is 6.42 Å². The van der Waals surface area contributed by atoms with Crippen molar-refractivity contribution in [3.63, 3.8) is 0 Å². The van der Waals surface area contributed by atoms with Crippen LogP contribution in [0.5, 0.6) is 11.5 Å². The summed E-state index contributed by atoms with van der Waals surface area (Å²) in [6.07, 6.45) is 2.44. The number of amides is 3. The third kappa shape index (κ3) is 6.39. The molecule has 0 saturated carbocycles. The number of carbonyl (C=O) groups is 3. The first-order valence-electron chi connectivity index (χ1n) is 7.08. The molecule has 2 N–H and O–H groups in total. The van der Waals surface area contributed by atoms with Crippen molar-refractivity contribution in [1.29, 1.82) is 0 Å². The van der Waals surface area contributed by atoms with Gasteiger partial charge in [-0.1, -0.05) is 12.1 Å². The third-order valence-electron chi connectivity index (χ3n) is 2.80. The molecule has 0 spiro atoms. The van der Waals surface area contributed by atoms with Gasteiger partial charge in [0, 0.05) is 7.05 Å². The summed E-state index contributed by atoms with van der Waals surface area (Å²) in [5, 5.41) is 4.16. The number of hydrogen-bond acceptors (Lipinski definition) is 6. The molecular weight excluding hydrogens is 316 g/mol. The number of allylic oxidation sites excluding steroid dienone is 1. The Morgan fingerprint density at radius 1 is 1.21 bits per heavy atom. The van der Waals surface area contributed by atoms with E-state index in [2.05, 4.69) is 11.9 Å². The van der Waals surface area contributed by atoms with Crippen molar-refractivity contribution < 1.29 is 28.6 Å². The Labute approximate surface area is 139 Å². The highest BCUT2D eigenvalue weighted by atomic mass is 16.6. The number of benzene rings is 1. The van der Waals surface area contributed by atoms with E-state index in [1.807, 2.05) is 11.4 Å². The molecule has 0 heterocycles. The molecule has 0 atom stereocenters. The number of urea groups is 1. The van der Waals surface area contributed by atoms with Crippen molar-refractivity contribution in [1.82, 2.24) is 10.6 Å². The van der Waals surface area contributed by atoms with Crippen LogP contribution < -0.4 is 20.1 Å². The van der Waals surface area contributed by atoms with E-state index in [4.69, 9.17) is 14.2 Å².